The van der Waals surface area contributed by atoms with Gasteiger partial charge in [0.05, 0.1) is 0 Å². The number of nitrogens with two attached hydrogens (primary N) is 2. The van der Waals surface area contributed by atoms with Crippen molar-refractivity contribution < 1.29 is 0 Å². The number of hydrogen-bond donors (Lipinski definition) is 2. The maximum absolute atomic E-state index is 5.80. The zero-order valence-electron chi connectivity index (χ0n) is 11.5. The van der Waals surface area contributed by atoms with E-state index < -0.39 is 0 Å². The number of imidazole rings is 1. The molecule has 0 amide bonds. The third-order valence-corrected chi connectivity index (χ3v) is 3.24. The van der Waals surface area contributed by atoms with Crippen molar-refractivity contribution in [3.05, 3.63) is 47.4 Å². The minimum absolute atomic E-state index is 0.583. The molecule has 102 valence electrons. The fourth-order valence-electron chi connectivity index (χ4n) is 2.13. The molecule has 0 saturated carbocycles. The fourth-order valence-corrected chi connectivity index (χ4v) is 2.13. The average molecular weight is 258 g/mol. The van der Waals surface area contributed by atoms with E-state index in [2.05, 4.69) is 40.7 Å². The first-order valence-electron chi connectivity index (χ1n) is 6.82. The normalized spacial score (nSPS) is 10.8. The Kier molecular flexibility index (Phi) is 4.58. The molecule has 0 saturated heterocycles. The first-order chi connectivity index (χ1) is 9.22. The Morgan fingerprint density at radius 2 is 1.84 bits per heavy atom. The van der Waals surface area contributed by atoms with Gasteiger partial charge in [-0.1, -0.05) is 37.6 Å². The monoisotopic (exact) mass is 258 g/mol. The van der Waals surface area contributed by atoms with Crippen LogP contribution in [-0.4, -0.2) is 9.55 Å². The van der Waals surface area contributed by atoms with E-state index >= 15 is 0 Å². The molecule has 1 heterocycles. The molecule has 1 aromatic heterocycles. The van der Waals surface area contributed by atoms with Gasteiger partial charge < -0.3 is 16.0 Å². The molecule has 0 radical (unpaired) electrons. The van der Waals surface area contributed by atoms with E-state index in [9.17, 15) is 0 Å². The smallest absolute Gasteiger partial charge is 0.141 e. The number of rotatable bonds is 6. The van der Waals surface area contributed by atoms with Crippen molar-refractivity contribution in [3.63, 3.8) is 0 Å². The zero-order valence-corrected chi connectivity index (χ0v) is 11.5. The van der Waals surface area contributed by atoms with Crippen LogP contribution >= 0.6 is 0 Å². The molecule has 4 N–H and O–H groups in total. The SMILES string of the molecule is CCCCc1nc(N)cn1Cc1ccc(CN)cc1. The molecule has 0 aliphatic heterocycles. The molecule has 0 aliphatic carbocycles. The highest BCUT2D eigenvalue weighted by molar-refractivity contribution is 5.28. The summed E-state index contributed by atoms with van der Waals surface area (Å²) in [5.74, 6) is 1.67. The molecular weight excluding hydrogens is 236 g/mol. The predicted molar refractivity (Wildman–Crippen MR) is 78.7 cm³/mol. The third kappa shape index (κ3) is 3.58. The van der Waals surface area contributed by atoms with Crippen LogP contribution in [0.2, 0.25) is 0 Å². The number of anilines is 1. The number of benzene rings is 1. The van der Waals surface area contributed by atoms with Crippen LogP contribution in [0.1, 0.15) is 36.7 Å². The summed E-state index contributed by atoms with van der Waals surface area (Å²) in [5.41, 5.74) is 13.8. The largest absolute Gasteiger partial charge is 0.382 e. The number of aryl methyl sites for hydroxylation is 1. The lowest BCUT2D eigenvalue weighted by Crippen LogP contribution is -2.05. The maximum atomic E-state index is 5.80. The second-order valence-corrected chi connectivity index (χ2v) is 4.83. The van der Waals surface area contributed by atoms with Crippen LogP contribution in [0.15, 0.2) is 30.5 Å². The van der Waals surface area contributed by atoms with Gasteiger partial charge in [0.15, 0.2) is 0 Å². The van der Waals surface area contributed by atoms with Gasteiger partial charge in [-0.15, -0.1) is 0 Å². The number of hydrogen-bond acceptors (Lipinski definition) is 3. The van der Waals surface area contributed by atoms with Gasteiger partial charge in [-0.3, -0.25) is 0 Å². The highest BCUT2D eigenvalue weighted by Crippen LogP contribution is 2.12. The summed E-state index contributed by atoms with van der Waals surface area (Å²) >= 11 is 0. The Morgan fingerprint density at radius 1 is 1.16 bits per heavy atom. The summed E-state index contributed by atoms with van der Waals surface area (Å²) in [6.45, 7) is 3.58. The highest BCUT2D eigenvalue weighted by Gasteiger charge is 2.06. The van der Waals surface area contributed by atoms with Crippen molar-refractivity contribution in [2.45, 2.75) is 39.3 Å². The van der Waals surface area contributed by atoms with Crippen molar-refractivity contribution in [3.8, 4) is 0 Å². The second-order valence-electron chi connectivity index (χ2n) is 4.83. The topological polar surface area (TPSA) is 69.9 Å². The van der Waals surface area contributed by atoms with Gasteiger partial charge >= 0.3 is 0 Å². The van der Waals surface area contributed by atoms with Crippen LogP contribution in [0.3, 0.4) is 0 Å². The summed E-state index contributed by atoms with van der Waals surface area (Å²) in [4.78, 5) is 4.40. The lowest BCUT2D eigenvalue weighted by molar-refractivity contribution is 0.678. The van der Waals surface area contributed by atoms with Crippen LogP contribution in [0.25, 0.3) is 0 Å². The maximum Gasteiger partial charge on any atom is 0.141 e. The molecule has 2 rings (SSSR count). The van der Waals surface area contributed by atoms with Gasteiger partial charge in [0.25, 0.3) is 0 Å². The first-order valence-corrected chi connectivity index (χ1v) is 6.82. The van der Waals surface area contributed by atoms with E-state index in [1.54, 1.807) is 0 Å². The Balaban J connectivity index is 2.12. The van der Waals surface area contributed by atoms with Crippen molar-refractivity contribution >= 4 is 5.82 Å². The van der Waals surface area contributed by atoms with Crippen LogP contribution in [0.5, 0.6) is 0 Å². The van der Waals surface area contributed by atoms with Crippen LogP contribution in [0.4, 0.5) is 5.82 Å². The number of nitrogens with zero attached hydrogens (tertiary/aromatic N) is 2. The predicted octanol–water partition coefficient (Wildman–Crippen LogP) is 2.31. The molecule has 4 heteroatoms. The van der Waals surface area contributed by atoms with Crippen molar-refractivity contribution in [1.82, 2.24) is 9.55 Å². The lowest BCUT2D eigenvalue weighted by atomic mass is 10.1. The second kappa shape index (κ2) is 6.38. The van der Waals surface area contributed by atoms with E-state index in [-0.39, 0.29) is 0 Å². The number of unbranched alkanes of at least 4 members (excludes halogenated alkanes) is 1. The van der Waals surface area contributed by atoms with Crippen molar-refractivity contribution in [2.75, 3.05) is 5.73 Å². The summed E-state index contributed by atoms with van der Waals surface area (Å²) in [7, 11) is 0. The summed E-state index contributed by atoms with van der Waals surface area (Å²) in [5, 5.41) is 0. The highest BCUT2D eigenvalue weighted by atomic mass is 15.1. The van der Waals surface area contributed by atoms with Gasteiger partial charge in [-0.05, 0) is 17.5 Å². The molecular formula is C15H22N4. The Hall–Kier alpha value is -1.81. The van der Waals surface area contributed by atoms with Crippen molar-refractivity contribution in [2.24, 2.45) is 5.73 Å². The van der Waals surface area contributed by atoms with Gasteiger partial charge in [0.1, 0.15) is 11.6 Å². The minimum atomic E-state index is 0.583. The lowest BCUT2D eigenvalue weighted by Gasteiger charge is -2.08. The zero-order chi connectivity index (χ0) is 13.7. The molecule has 0 unspecified atom stereocenters. The third-order valence-electron chi connectivity index (χ3n) is 3.24. The molecule has 4 nitrogen and oxygen atoms in total. The van der Waals surface area contributed by atoms with Gasteiger partial charge in [0.2, 0.25) is 0 Å². The molecule has 0 atom stereocenters. The van der Waals surface area contributed by atoms with Crippen molar-refractivity contribution in [1.29, 1.82) is 0 Å². The van der Waals surface area contributed by atoms with E-state index in [1.165, 1.54) is 5.56 Å². The van der Waals surface area contributed by atoms with Gasteiger partial charge in [-0.2, -0.15) is 0 Å². The average Bonchev–Trinajstić information content (AvgIpc) is 2.77. The van der Waals surface area contributed by atoms with Crippen LogP contribution < -0.4 is 11.5 Å². The standard InChI is InChI=1S/C15H22N4/c1-2-3-4-15-18-14(17)11-19(15)10-13-7-5-12(9-16)6-8-13/h5-8,11H,2-4,9-10,16-17H2,1H3. The fraction of sp³-hybridized carbons (Fsp3) is 0.400. The van der Waals surface area contributed by atoms with E-state index in [0.29, 0.717) is 12.4 Å². The molecule has 1 aromatic carbocycles. The minimum Gasteiger partial charge on any atom is -0.382 e. The van der Waals surface area contributed by atoms with Gasteiger partial charge in [0, 0.05) is 25.7 Å². The Labute approximate surface area is 114 Å². The summed E-state index contributed by atoms with van der Waals surface area (Å²) in [6, 6.07) is 8.37. The molecule has 2 aromatic rings. The quantitative estimate of drug-likeness (QED) is 0.835. The molecule has 0 bridgehead atoms. The van der Waals surface area contributed by atoms with Gasteiger partial charge in [-0.25, -0.2) is 4.98 Å². The summed E-state index contributed by atoms with van der Waals surface area (Å²) in [6.07, 6.45) is 5.21. The molecule has 0 aliphatic rings. The van der Waals surface area contributed by atoms with E-state index in [0.717, 1.165) is 37.2 Å². The molecule has 0 spiro atoms. The van der Waals surface area contributed by atoms with Crippen LogP contribution in [0, 0.1) is 0 Å². The Morgan fingerprint density at radius 3 is 2.47 bits per heavy atom. The van der Waals surface area contributed by atoms with E-state index in [4.69, 9.17) is 11.5 Å². The van der Waals surface area contributed by atoms with E-state index in [1.807, 2.05) is 6.20 Å². The number of nitrogen functional groups attached to an aromatic ring is 1. The molecule has 0 fully saturated rings. The summed E-state index contributed by atoms with van der Waals surface area (Å²) < 4.78 is 2.14. The first kappa shape index (κ1) is 13.6. The van der Waals surface area contributed by atoms with Crippen LogP contribution in [-0.2, 0) is 19.5 Å². The molecule has 19 heavy (non-hydrogen) atoms. The number of aromatic nitrogens is 2. The Bertz CT molecular complexity index is 513.